The van der Waals surface area contributed by atoms with E-state index < -0.39 is 40.3 Å². The number of hydrogen-bond donors (Lipinski definition) is 2. The Morgan fingerprint density at radius 2 is 1.65 bits per heavy atom. The quantitative estimate of drug-likeness (QED) is 0.194. The number of aliphatic carboxylic acids is 1. The molecule has 10 rings (SSSR count). The number of piperidine rings is 1. The number of carbonyl (C=O) groups is 2. The van der Waals surface area contributed by atoms with Crippen molar-refractivity contribution in [3.8, 4) is 5.75 Å². The van der Waals surface area contributed by atoms with Crippen LogP contribution in [0.4, 0.5) is 30.8 Å². The number of carboxylic acid groups (broad SMARTS) is 1. The van der Waals surface area contributed by atoms with E-state index in [4.69, 9.17) is 14.5 Å². The number of aryl methyl sites for hydroxylation is 1. The first-order valence-electron chi connectivity index (χ1n) is 21.7. The van der Waals surface area contributed by atoms with Crippen molar-refractivity contribution in [1.29, 1.82) is 0 Å². The fourth-order valence-electron chi connectivity index (χ4n) is 11.7. The minimum atomic E-state index is -5.03. The first-order valence-corrected chi connectivity index (χ1v) is 21.7. The van der Waals surface area contributed by atoms with E-state index in [9.17, 15) is 14.7 Å². The molecule has 1 aromatic carbocycles. The van der Waals surface area contributed by atoms with Gasteiger partial charge in [0.05, 0.1) is 11.3 Å². The number of carboxylic acids is 1. The van der Waals surface area contributed by atoms with Gasteiger partial charge >= 0.3 is 12.1 Å². The van der Waals surface area contributed by atoms with Crippen molar-refractivity contribution in [3.05, 3.63) is 59.2 Å². The Bertz CT molecular complexity index is 2040. The van der Waals surface area contributed by atoms with Crippen LogP contribution < -0.4 is 19.9 Å². The molecule has 7 aliphatic rings. The van der Waals surface area contributed by atoms with Gasteiger partial charge in [-0.3, -0.25) is 4.79 Å². The molecule has 4 bridgehead atoms. The van der Waals surface area contributed by atoms with Gasteiger partial charge in [0.25, 0.3) is 5.91 Å². The summed E-state index contributed by atoms with van der Waals surface area (Å²) >= 11 is 0. The molecular weight excluding hydrogens is 778 g/mol. The molecule has 4 aliphatic carbocycles. The average Bonchev–Trinajstić information content (AvgIpc) is 3.52. The Morgan fingerprint density at radius 1 is 0.967 bits per heavy atom. The van der Waals surface area contributed by atoms with E-state index in [-0.39, 0.29) is 36.0 Å². The highest BCUT2D eigenvalue weighted by molar-refractivity contribution is 6.00. The van der Waals surface area contributed by atoms with Gasteiger partial charge in [-0.2, -0.15) is 13.2 Å². The summed E-state index contributed by atoms with van der Waals surface area (Å²) in [6, 6.07) is 7.57. The number of fused-ring (bicyclic) bond motifs is 2. The number of carbonyl (C=O) groups excluding carboxylic acids is 1. The molecular formula is C44H55F3N8O5. The molecule has 3 aliphatic heterocycles. The van der Waals surface area contributed by atoms with E-state index >= 15 is 13.2 Å². The van der Waals surface area contributed by atoms with Gasteiger partial charge in [-0.15, -0.1) is 0 Å². The second-order valence-corrected chi connectivity index (χ2v) is 18.4. The number of unbranched alkanes of at least 4 members (excludes halogenated alkanes) is 1. The van der Waals surface area contributed by atoms with Gasteiger partial charge in [-0.25, -0.2) is 24.7 Å². The molecule has 0 atom stereocenters. The number of benzene rings is 1. The van der Waals surface area contributed by atoms with Crippen molar-refractivity contribution in [1.82, 2.24) is 30.2 Å². The summed E-state index contributed by atoms with van der Waals surface area (Å²) in [5.74, 6) is -0.870. The van der Waals surface area contributed by atoms with Crippen molar-refractivity contribution in [2.45, 2.75) is 100 Å². The maximum atomic E-state index is 15.5. The molecule has 4 saturated carbocycles. The number of alkyl halides is 3. The van der Waals surface area contributed by atoms with Crippen LogP contribution in [0.2, 0.25) is 0 Å². The number of nitrogens with one attached hydrogen (secondary N) is 1. The first-order chi connectivity index (χ1) is 28.8. The Labute approximate surface area is 348 Å². The van der Waals surface area contributed by atoms with Crippen LogP contribution in [0.15, 0.2) is 36.7 Å². The van der Waals surface area contributed by atoms with Crippen molar-refractivity contribution < 1.29 is 37.3 Å². The van der Waals surface area contributed by atoms with Crippen LogP contribution in [-0.2, 0) is 27.5 Å². The molecule has 5 heterocycles. The highest BCUT2D eigenvalue weighted by atomic mass is 19.4. The zero-order chi connectivity index (χ0) is 41.8. The highest BCUT2D eigenvalue weighted by Crippen LogP contribution is 2.59. The third-order valence-electron chi connectivity index (χ3n) is 14.4. The van der Waals surface area contributed by atoms with Crippen LogP contribution in [-0.4, -0.2) is 107 Å². The molecule has 2 aromatic heterocycles. The molecule has 60 heavy (non-hydrogen) atoms. The summed E-state index contributed by atoms with van der Waals surface area (Å²) < 4.78 is 58.7. The number of aromatic nitrogens is 4. The lowest BCUT2D eigenvalue weighted by Crippen LogP contribution is -2.70. The second-order valence-electron chi connectivity index (χ2n) is 18.4. The van der Waals surface area contributed by atoms with E-state index in [0.717, 1.165) is 37.9 Å². The minimum Gasteiger partial charge on any atom is -0.490 e. The molecule has 16 heteroatoms. The Balaban J connectivity index is 1.05. The number of amides is 1. The van der Waals surface area contributed by atoms with E-state index in [1.165, 1.54) is 0 Å². The molecule has 0 radical (unpaired) electrons. The van der Waals surface area contributed by atoms with Gasteiger partial charge in [0.15, 0.2) is 5.69 Å². The third-order valence-corrected chi connectivity index (χ3v) is 14.4. The zero-order valence-corrected chi connectivity index (χ0v) is 34.4. The third kappa shape index (κ3) is 7.55. The van der Waals surface area contributed by atoms with Crippen LogP contribution in [0.3, 0.4) is 0 Å². The van der Waals surface area contributed by atoms with E-state index in [1.807, 2.05) is 37.2 Å². The lowest BCUT2D eigenvalue weighted by molar-refractivity contribution is -0.163. The van der Waals surface area contributed by atoms with Gasteiger partial charge < -0.3 is 34.6 Å². The van der Waals surface area contributed by atoms with Crippen molar-refractivity contribution in [2.75, 3.05) is 63.3 Å². The molecule has 2 saturated heterocycles. The monoisotopic (exact) mass is 832 g/mol. The largest absolute Gasteiger partial charge is 0.490 e. The molecule has 3 aromatic rings. The maximum absolute atomic E-state index is 15.5. The molecule has 1 amide bonds. The van der Waals surface area contributed by atoms with Crippen LogP contribution in [0, 0.1) is 23.7 Å². The summed E-state index contributed by atoms with van der Waals surface area (Å²) in [4.78, 5) is 51.5. The molecule has 6 fully saturated rings. The predicted molar refractivity (Wildman–Crippen MR) is 216 cm³/mol. The summed E-state index contributed by atoms with van der Waals surface area (Å²) in [5.41, 5.74) is -2.45. The first kappa shape index (κ1) is 40.8. The standard InChI is InChI=1S/C44H55F3N8O5/c1-53(2)15-4-3-6-34-36(38(56)52-43(39(57)58)29-21-27-20-28(23-29)24-30(43)22-27)37(44(45,46)47)51-41(50-34)55-26-42(11-18-59-19-12-42)33-25-32(7-8-35(33)55)60-31-9-16-54(17-10-31)40-48-13-5-14-49-40/h5,7-8,13-14,25,27-31H,3-4,6,9-12,15-24,26H2,1-2H3,(H,52,56)(H,57,58). The second kappa shape index (κ2) is 16.0. The van der Waals surface area contributed by atoms with Crippen molar-refractivity contribution in [2.24, 2.45) is 23.7 Å². The summed E-state index contributed by atoms with van der Waals surface area (Å²) in [6.07, 6.45) is 6.15. The molecule has 322 valence electrons. The number of nitrogens with zero attached hydrogens (tertiary/aromatic N) is 7. The van der Waals surface area contributed by atoms with Crippen molar-refractivity contribution in [3.63, 3.8) is 0 Å². The number of hydrogen-bond acceptors (Lipinski definition) is 11. The maximum Gasteiger partial charge on any atom is 0.434 e. The average molecular weight is 833 g/mol. The topological polar surface area (TPSA) is 146 Å². The van der Waals surface area contributed by atoms with Crippen LogP contribution in [0.25, 0.3) is 0 Å². The zero-order valence-electron chi connectivity index (χ0n) is 34.4. The van der Waals surface area contributed by atoms with Gasteiger partial charge in [0.2, 0.25) is 11.9 Å². The lowest BCUT2D eigenvalue weighted by atomic mass is 9.48. The highest BCUT2D eigenvalue weighted by Gasteiger charge is 2.62. The summed E-state index contributed by atoms with van der Waals surface area (Å²) in [7, 11) is 3.86. The fourth-order valence-corrected chi connectivity index (χ4v) is 11.7. The summed E-state index contributed by atoms with van der Waals surface area (Å²) in [6.45, 7) is 3.53. The normalized spacial score (nSPS) is 27.1. The Kier molecular flexibility index (Phi) is 10.9. The smallest absolute Gasteiger partial charge is 0.434 e. The van der Waals surface area contributed by atoms with Gasteiger partial charge in [0.1, 0.15) is 17.4 Å². The minimum absolute atomic E-state index is 0.0189. The predicted octanol–water partition coefficient (Wildman–Crippen LogP) is 6.43. The lowest BCUT2D eigenvalue weighted by Gasteiger charge is -2.59. The van der Waals surface area contributed by atoms with Crippen LogP contribution >= 0.6 is 0 Å². The fraction of sp³-hybridized carbons (Fsp3) is 0.636. The molecule has 13 nitrogen and oxygen atoms in total. The van der Waals surface area contributed by atoms with Gasteiger partial charge in [0, 0.05) is 69.2 Å². The SMILES string of the molecule is CN(C)CCCCc1nc(N2CC3(CCOCC3)c3cc(OC4CCN(c5ncccn5)CC4)ccc32)nc(C(F)(F)F)c1C(=O)NC1(C(=O)O)C2CC3CC(C2)CC1C3. The number of halogens is 3. The van der Waals surface area contributed by atoms with Crippen LogP contribution in [0.1, 0.15) is 97.9 Å². The molecule has 0 unspecified atom stereocenters. The van der Waals surface area contributed by atoms with Gasteiger partial charge in [-0.1, -0.05) is 0 Å². The van der Waals surface area contributed by atoms with Crippen LogP contribution in [0.5, 0.6) is 5.75 Å². The Morgan fingerprint density at radius 3 is 2.28 bits per heavy atom. The van der Waals surface area contributed by atoms with Crippen molar-refractivity contribution >= 4 is 29.5 Å². The van der Waals surface area contributed by atoms with Gasteiger partial charge in [-0.05, 0) is 138 Å². The van der Waals surface area contributed by atoms with E-state index in [0.29, 0.717) is 107 Å². The molecule has 1 spiro atoms. The number of ether oxygens (including phenoxy) is 2. The Hall–Kier alpha value is -4.57. The number of anilines is 3. The number of rotatable bonds is 12. The van der Waals surface area contributed by atoms with E-state index in [2.05, 4.69) is 25.2 Å². The summed E-state index contributed by atoms with van der Waals surface area (Å²) in [5, 5.41) is 13.6. The molecule has 2 N–H and O–H groups in total. The van der Waals surface area contributed by atoms with E-state index in [1.54, 1.807) is 23.4 Å².